The van der Waals surface area contributed by atoms with Gasteiger partial charge in [-0.05, 0) is 35.2 Å². The third-order valence-corrected chi connectivity index (χ3v) is 3.45. The van der Waals surface area contributed by atoms with Crippen LogP contribution in [0.1, 0.15) is 19.3 Å². The van der Waals surface area contributed by atoms with Crippen molar-refractivity contribution in [1.82, 2.24) is 4.98 Å². The summed E-state index contributed by atoms with van der Waals surface area (Å²) < 4.78 is 0.547. The van der Waals surface area contributed by atoms with Crippen LogP contribution in [0.2, 0.25) is 0 Å². The molecule has 18 heavy (non-hydrogen) atoms. The van der Waals surface area contributed by atoms with Crippen LogP contribution < -0.4 is 5.32 Å². The predicted molar refractivity (Wildman–Crippen MR) is 69.0 cm³/mol. The molecule has 6 nitrogen and oxygen atoms in total. The highest BCUT2D eigenvalue weighted by atomic mass is 79.9. The van der Waals surface area contributed by atoms with Gasteiger partial charge in [-0.2, -0.15) is 5.26 Å². The molecule has 1 aliphatic rings. The monoisotopic (exact) mass is 310 g/mol. The van der Waals surface area contributed by atoms with Crippen molar-refractivity contribution in [3.8, 4) is 6.07 Å². The number of pyridine rings is 1. The van der Waals surface area contributed by atoms with Crippen molar-refractivity contribution in [2.45, 2.75) is 25.3 Å². The zero-order chi connectivity index (χ0) is 13.1. The lowest BCUT2D eigenvalue weighted by molar-refractivity contribution is -0.384. The molecule has 2 rings (SSSR count). The van der Waals surface area contributed by atoms with Gasteiger partial charge in [0.05, 0.1) is 11.0 Å². The van der Waals surface area contributed by atoms with Crippen LogP contribution in [0, 0.1) is 27.4 Å². The summed E-state index contributed by atoms with van der Waals surface area (Å²) >= 11 is 3.19. The first-order chi connectivity index (χ1) is 8.60. The molecule has 0 saturated heterocycles. The minimum atomic E-state index is -0.460. The van der Waals surface area contributed by atoms with Crippen molar-refractivity contribution in [3.63, 3.8) is 0 Å². The highest BCUT2D eigenvalue weighted by Gasteiger charge is 2.26. The number of anilines is 1. The Morgan fingerprint density at radius 2 is 2.39 bits per heavy atom. The minimum absolute atomic E-state index is 0.0430. The van der Waals surface area contributed by atoms with Crippen molar-refractivity contribution in [1.29, 1.82) is 5.26 Å². The van der Waals surface area contributed by atoms with Gasteiger partial charge in [-0.3, -0.25) is 10.1 Å². The molecule has 0 amide bonds. The molecule has 1 heterocycles. The van der Waals surface area contributed by atoms with E-state index in [2.05, 4.69) is 32.3 Å². The Hall–Kier alpha value is -1.68. The lowest BCUT2D eigenvalue weighted by Gasteiger charge is -2.13. The fraction of sp³-hybridized carbons (Fsp3) is 0.455. The van der Waals surface area contributed by atoms with E-state index in [1.54, 1.807) is 6.07 Å². The van der Waals surface area contributed by atoms with Crippen LogP contribution in [-0.4, -0.2) is 15.9 Å². The van der Waals surface area contributed by atoms with Crippen LogP contribution >= 0.6 is 15.9 Å². The van der Waals surface area contributed by atoms with Crippen molar-refractivity contribution in [2.24, 2.45) is 5.92 Å². The number of hydrogen-bond acceptors (Lipinski definition) is 5. The maximum Gasteiger partial charge on any atom is 0.310 e. The standard InChI is InChI=1S/C11H11BrN4O2/c12-11-4-9(10(6-14-11)16(17)18)15-8-2-1-7(3-8)5-13/h4,6-8H,1-3H2,(H,14,15). The van der Waals surface area contributed by atoms with Gasteiger partial charge in [-0.15, -0.1) is 0 Å². The predicted octanol–water partition coefficient (Wildman–Crippen LogP) is 2.86. The fourth-order valence-electron chi connectivity index (χ4n) is 2.13. The van der Waals surface area contributed by atoms with Gasteiger partial charge >= 0.3 is 5.69 Å². The van der Waals surface area contributed by atoms with Crippen molar-refractivity contribution >= 4 is 27.3 Å². The largest absolute Gasteiger partial charge is 0.377 e. The zero-order valence-corrected chi connectivity index (χ0v) is 11.1. The molecule has 1 saturated carbocycles. The molecule has 2 atom stereocenters. The Labute approximate surface area is 112 Å². The third kappa shape index (κ3) is 2.76. The summed E-state index contributed by atoms with van der Waals surface area (Å²) in [5.41, 5.74) is 0.407. The van der Waals surface area contributed by atoms with E-state index in [-0.39, 0.29) is 17.6 Å². The first-order valence-electron chi connectivity index (χ1n) is 5.56. The molecule has 0 aliphatic heterocycles. The number of nitro groups is 1. The Balaban J connectivity index is 2.16. The third-order valence-electron chi connectivity index (χ3n) is 3.02. The van der Waals surface area contributed by atoms with Crippen LogP contribution in [0.25, 0.3) is 0 Å². The summed E-state index contributed by atoms with van der Waals surface area (Å²) in [6.45, 7) is 0. The van der Waals surface area contributed by atoms with Crippen LogP contribution in [0.15, 0.2) is 16.9 Å². The molecule has 0 spiro atoms. The highest BCUT2D eigenvalue weighted by molar-refractivity contribution is 9.10. The molecule has 1 aromatic rings. The number of nitriles is 1. The smallest absolute Gasteiger partial charge is 0.310 e. The molecular formula is C11H11BrN4O2. The lowest BCUT2D eigenvalue weighted by atomic mass is 10.1. The van der Waals surface area contributed by atoms with E-state index in [9.17, 15) is 10.1 Å². The van der Waals surface area contributed by atoms with Gasteiger partial charge in [0.1, 0.15) is 16.5 Å². The minimum Gasteiger partial charge on any atom is -0.377 e. The Bertz CT molecular complexity index is 514. The highest BCUT2D eigenvalue weighted by Crippen LogP contribution is 2.32. The number of nitrogens with one attached hydrogen (secondary N) is 1. The summed E-state index contributed by atoms with van der Waals surface area (Å²) in [6.07, 6.45) is 3.65. The van der Waals surface area contributed by atoms with Gasteiger partial charge in [0, 0.05) is 18.0 Å². The van der Waals surface area contributed by atoms with Gasteiger partial charge in [0.25, 0.3) is 0 Å². The van der Waals surface area contributed by atoms with Crippen LogP contribution in [0.4, 0.5) is 11.4 Å². The van der Waals surface area contributed by atoms with Crippen LogP contribution in [0.5, 0.6) is 0 Å². The van der Waals surface area contributed by atoms with Crippen molar-refractivity contribution < 1.29 is 4.92 Å². The number of hydrogen-bond donors (Lipinski definition) is 1. The first kappa shape index (κ1) is 12.8. The fourth-order valence-corrected chi connectivity index (χ4v) is 2.46. The maximum absolute atomic E-state index is 10.9. The average molecular weight is 311 g/mol. The lowest BCUT2D eigenvalue weighted by Crippen LogP contribution is -2.16. The molecule has 1 aromatic heterocycles. The second kappa shape index (κ2) is 5.31. The van der Waals surface area contributed by atoms with Crippen molar-refractivity contribution in [2.75, 3.05) is 5.32 Å². The summed E-state index contributed by atoms with van der Waals surface area (Å²) in [5, 5.41) is 22.9. The molecule has 1 aliphatic carbocycles. The van der Waals surface area contributed by atoms with E-state index in [1.807, 2.05) is 0 Å². The number of aromatic nitrogens is 1. The molecule has 94 valence electrons. The Morgan fingerprint density at radius 1 is 1.61 bits per heavy atom. The normalized spacial score (nSPS) is 22.4. The topological polar surface area (TPSA) is 91.8 Å². The molecular weight excluding hydrogens is 300 g/mol. The maximum atomic E-state index is 10.9. The van der Waals surface area contributed by atoms with Crippen LogP contribution in [0.3, 0.4) is 0 Å². The van der Waals surface area contributed by atoms with Gasteiger partial charge in [-0.25, -0.2) is 4.98 Å². The summed E-state index contributed by atoms with van der Waals surface area (Å²) in [4.78, 5) is 14.3. The van der Waals surface area contributed by atoms with E-state index in [4.69, 9.17) is 5.26 Å². The average Bonchev–Trinajstić information content (AvgIpc) is 2.76. The molecule has 0 radical (unpaired) electrons. The van der Waals surface area contributed by atoms with E-state index in [0.717, 1.165) is 19.3 Å². The van der Waals surface area contributed by atoms with E-state index in [0.29, 0.717) is 10.3 Å². The van der Waals surface area contributed by atoms with Gasteiger partial charge in [-0.1, -0.05) is 0 Å². The number of rotatable bonds is 3. The van der Waals surface area contributed by atoms with Gasteiger partial charge < -0.3 is 5.32 Å². The molecule has 1 N–H and O–H groups in total. The quantitative estimate of drug-likeness (QED) is 0.526. The van der Waals surface area contributed by atoms with E-state index >= 15 is 0 Å². The Morgan fingerprint density at radius 3 is 3.00 bits per heavy atom. The van der Waals surface area contributed by atoms with Crippen LogP contribution in [-0.2, 0) is 0 Å². The van der Waals surface area contributed by atoms with E-state index in [1.165, 1.54) is 6.20 Å². The molecule has 2 unspecified atom stereocenters. The molecule has 1 fully saturated rings. The summed E-state index contributed by atoms with van der Waals surface area (Å²) in [5.74, 6) is 0.0480. The molecule has 0 aromatic carbocycles. The summed E-state index contributed by atoms with van der Waals surface area (Å²) in [7, 11) is 0. The molecule has 0 bridgehead atoms. The number of halogens is 1. The SMILES string of the molecule is N#CC1CCC(Nc2cc(Br)ncc2[N+](=O)[O-])C1. The first-order valence-corrected chi connectivity index (χ1v) is 6.35. The number of nitrogens with zero attached hydrogens (tertiary/aromatic N) is 3. The summed E-state index contributed by atoms with van der Waals surface area (Å²) in [6, 6.07) is 3.94. The van der Waals surface area contributed by atoms with E-state index < -0.39 is 4.92 Å². The van der Waals surface area contributed by atoms with Gasteiger partial charge in [0.2, 0.25) is 0 Å². The second-order valence-corrected chi connectivity index (χ2v) is 5.07. The Kier molecular flexibility index (Phi) is 3.77. The zero-order valence-electron chi connectivity index (χ0n) is 9.47. The van der Waals surface area contributed by atoms with Crippen molar-refractivity contribution in [3.05, 3.63) is 27.0 Å². The van der Waals surface area contributed by atoms with Gasteiger partial charge in [0.15, 0.2) is 0 Å². The second-order valence-electron chi connectivity index (χ2n) is 4.26. The molecule has 7 heteroatoms.